The van der Waals surface area contributed by atoms with Gasteiger partial charge in [-0.25, -0.2) is 8.42 Å². The highest BCUT2D eigenvalue weighted by Crippen LogP contribution is 2.27. The number of halogens is 1. The molecule has 0 radical (unpaired) electrons. The summed E-state index contributed by atoms with van der Waals surface area (Å²) in [5.74, 6) is -0.430. The molecule has 1 aromatic heterocycles. The largest absolute Gasteiger partial charge is 0.384 e. The molecule has 0 aliphatic carbocycles. The molecule has 3 aromatic rings. The molecule has 0 bridgehead atoms. The maximum atomic E-state index is 13.2. The van der Waals surface area contributed by atoms with E-state index in [0.717, 1.165) is 34.1 Å². The normalized spacial score (nSPS) is 16.8. The van der Waals surface area contributed by atoms with Crippen LogP contribution in [0.4, 0.5) is 5.69 Å². The molecule has 4 rings (SSSR count). The van der Waals surface area contributed by atoms with Crippen molar-refractivity contribution in [2.75, 3.05) is 31.5 Å². The number of carbonyl (C=O) groups excluding carboxylic acids is 1. The molecule has 1 atom stereocenters. The number of nitrogens with one attached hydrogen (secondary N) is 2. The van der Waals surface area contributed by atoms with Crippen molar-refractivity contribution < 1.29 is 13.2 Å². The molecule has 0 spiro atoms. The molecule has 1 aliphatic rings. The fourth-order valence-corrected chi connectivity index (χ4v) is 6.44. The Morgan fingerprint density at radius 1 is 1.14 bits per heavy atom. The Hall–Kier alpha value is -2.68. The molecular weight excluding hydrogens is 484 g/mol. The second-order valence-electron chi connectivity index (χ2n) is 9.06. The summed E-state index contributed by atoms with van der Waals surface area (Å²) in [4.78, 5) is 17.5. The summed E-state index contributed by atoms with van der Waals surface area (Å²) < 4.78 is 28.0. The van der Waals surface area contributed by atoms with Crippen LogP contribution in [0.25, 0.3) is 10.9 Å². The molecule has 7 nitrogen and oxygen atoms in total. The topological polar surface area (TPSA) is 91.4 Å². The Kier molecular flexibility index (Phi) is 7.94. The van der Waals surface area contributed by atoms with Crippen LogP contribution in [0.15, 0.2) is 53.6 Å². The lowest BCUT2D eigenvalue weighted by Gasteiger charge is -2.31. The molecule has 1 amide bonds. The van der Waals surface area contributed by atoms with E-state index < -0.39 is 10.0 Å². The van der Waals surface area contributed by atoms with Crippen molar-refractivity contribution in [3.05, 3.63) is 64.8 Å². The SMILES string of the molecule is Cc1ccc(C)c(S(=O)(=O)N2CCC[C@H](C(=O)NCCCNc3ccnc4cc(Cl)ccc34)C2)c1. The summed E-state index contributed by atoms with van der Waals surface area (Å²) >= 11 is 6.05. The zero-order valence-corrected chi connectivity index (χ0v) is 21.6. The number of anilines is 1. The van der Waals surface area contributed by atoms with Crippen LogP contribution in [0.1, 0.15) is 30.4 Å². The molecule has 35 heavy (non-hydrogen) atoms. The second kappa shape index (κ2) is 10.9. The maximum Gasteiger partial charge on any atom is 0.243 e. The summed E-state index contributed by atoms with van der Waals surface area (Å²) in [6.45, 7) is 5.53. The van der Waals surface area contributed by atoms with E-state index in [1.807, 2.05) is 43.3 Å². The van der Waals surface area contributed by atoms with Crippen molar-refractivity contribution in [1.29, 1.82) is 0 Å². The number of pyridine rings is 1. The average Bonchev–Trinajstić information content (AvgIpc) is 2.85. The number of aryl methyl sites for hydroxylation is 2. The van der Waals surface area contributed by atoms with Crippen molar-refractivity contribution >= 4 is 44.1 Å². The lowest BCUT2D eigenvalue weighted by Crippen LogP contribution is -2.45. The third-order valence-corrected chi connectivity index (χ3v) is 8.63. The van der Waals surface area contributed by atoms with E-state index in [4.69, 9.17) is 11.6 Å². The van der Waals surface area contributed by atoms with Gasteiger partial charge in [-0.2, -0.15) is 4.31 Å². The second-order valence-corrected chi connectivity index (χ2v) is 11.4. The van der Waals surface area contributed by atoms with Crippen molar-refractivity contribution in [2.45, 2.75) is 38.0 Å². The van der Waals surface area contributed by atoms with Gasteiger partial charge in [0.25, 0.3) is 0 Å². The van der Waals surface area contributed by atoms with Crippen LogP contribution in [0, 0.1) is 19.8 Å². The van der Waals surface area contributed by atoms with E-state index in [-0.39, 0.29) is 18.4 Å². The lowest BCUT2D eigenvalue weighted by atomic mass is 9.99. The summed E-state index contributed by atoms with van der Waals surface area (Å²) in [5.41, 5.74) is 3.42. The van der Waals surface area contributed by atoms with E-state index in [1.54, 1.807) is 19.2 Å². The Balaban J connectivity index is 1.28. The third-order valence-electron chi connectivity index (χ3n) is 6.39. The van der Waals surface area contributed by atoms with Gasteiger partial charge in [0.15, 0.2) is 0 Å². The van der Waals surface area contributed by atoms with E-state index in [0.29, 0.717) is 42.4 Å². The number of hydrogen-bond donors (Lipinski definition) is 2. The van der Waals surface area contributed by atoms with Gasteiger partial charge in [0.2, 0.25) is 15.9 Å². The highest BCUT2D eigenvalue weighted by molar-refractivity contribution is 7.89. The fraction of sp³-hybridized carbons (Fsp3) is 0.385. The van der Waals surface area contributed by atoms with Gasteiger partial charge >= 0.3 is 0 Å². The number of rotatable bonds is 8. The van der Waals surface area contributed by atoms with E-state index >= 15 is 0 Å². The molecule has 0 unspecified atom stereocenters. The van der Waals surface area contributed by atoms with Crippen LogP contribution in [0.5, 0.6) is 0 Å². The summed E-state index contributed by atoms with van der Waals surface area (Å²) in [5, 5.41) is 8.02. The van der Waals surface area contributed by atoms with Crippen molar-refractivity contribution in [3.8, 4) is 0 Å². The van der Waals surface area contributed by atoms with E-state index in [2.05, 4.69) is 15.6 Å². The predicted octanol–water partition coefficient (Wildman–Crippen LogP) is 4.52. The number of sulfonamides is 1. The van der Waals surface area contributed by atoms with Gasteiger partial charge < -0.3 is 10.6 Å². The standard InChI is InChI=1S/C26H31ClN4O3S/c1-18-6-7-19(2)25(15-18)35(33,34)31-14-3-5-20(17-31)26(32)30-12-4-11-28-23-10-13-29-24-16-21(27)8-9-22(23)24/h6-10,13,15-16,20H,3-5,11-12,14,17H2,1-2H3,(H,28,29)(H,30,32)/t20-/m0/s1. The smallest absolute Gasteiger partial charge is 0.243 e. The first-order valence-corrected chi connectivity index (χ1v) is 13.7. The molecule has 0 saturated carbocycles. The van der Waals surface area contributed by atoms with Crippen molar-refractivity contribution in [2.24, 2.45) is 5.92 Å². The van der Waals surface area contributed by atoms with Gasteiger partial charge in [0, 0.05) is 48.5 Å². The van der Waals surface area contributed by atoms with Crippen molar-refractivity contribution in [3.63, 3.8) is 0 Å². The molecule has 1 fully saturated rings. The highest BCUT2D eigenvalue weighted by Gasteiger charge is 2.33. The number of hydrogen-bond acceptors (Lipinski definition) is 5. The number of fused-ring (bicyclic) bond motifs is 1. The van der Waals surface area contributed by atoms with Crippen LogP contribution in [-0.2, 0) is 14.8 Å². The molecule has 9 heteroatoms. The quantitative estimate of drug-likeness (QED) is 0.431. The molecule has 2 heterocycles. The molecule has 1 saturated heterocycles. The number of nitrogens with zero attached hydrogens (tertiary/aromatic N) is 2. The zero-order valence-electron chi connectivity index (χ0n) is 20.1. The number of piperidine rings is 1. The fourth-order valence-electron chi connectivity index (χ4n) is 4.44. The lowest BCUT2D eigenvalue weighted by molar-refractivity contribution is -0.126. The van der Waals surface area contributed by atoms with Gasteiger partial charge in [-0.15, -0.1) is 0 Å². The van der Waals surface area contributed by atoms with Crippen LogP contribution in [0.2, 0.25) is 5.02 Å². The van der Waals surface area contributed by atoms with E-state index in [1.165, 1.54) is 4.31 Å². The molecule has 2 aromatic carbocycles. The predicted molar refractivity (Wildman–Crippen MR) is 140 cm³/mol. The maximum absolute atomic E-state index is 13.2. The first kappa shape index (κ1) is 25.4. The first-order chi connectivity index (χ1) is 16.8. The van der Waals surface area contributed by atoms with Crippen molar-refractivity contribution in [1.82, 2.24) is 14.6 Å². The van der Waals surface area contributed by atoms with Gasteiger partial charge in [0.1, 0.15) is 0 Å². The number of amides is 1. The molecule has 1 aliphatic heterocycles. The molecular formula is C26H31ClN4O3S. The minimum Gasteiger partial charge on any atom is -0.384 e. The zero-order chi connectivity index (χ0) is 25.0. The van der Waals surface area contributed by atoms with Gasteiger partial charge in [-0.3, -0.25) is 9.78 Å². The number of carbonyl (C=O) groups is 1. The summed E-state index contributed by atoms with van der Waals surface area (Å²) in [7, 11) is -3.63. The number of benzene rings is 2. The average molecular weight is 515 g/mol. The van der Waals surface area contributed by atoms with Crippen LogP contribution >= 0.6 is 11.6 Å². The highest BCUT2D eigenvalue weighted by atomic mass is 35.5. The molecule has 2 N–H and O–H groups in total. The van der Waals surface area contributed by atoms with Crippen LogP contribution < -0.4 is 10.6 Å². The number of aromatic nitrogens is 1. The van der Waals surface area contributed by atoms with Crippen LogP contribution in [-0.4, -0.2) is 49.8 Å². The van der Waals surface area contributed by atoms with Gasteiger partial charge in [-0.1, -0.05) is 23.7 Å². The van der Waals surface area contributed by atoms with Crippen LogP contribution in [0.3, 0.4) is 0 Å². The van der Waals surface area contributed by atoms with Gasteiger partial charge in [0.05, 0.1) is 16.3 Å². The Bertz CT molecular complexity index is 1330. The third kappa shape index (κ3) is 5.94. The Labute approximate surface area is 211 Å². The Morgan fingerprint density at radius 2 is 1.97 bits per heavy atom. The monoisotopic (exact) mass is 514 g/mol. The minimum absolute atomic E-state index is 0.0881. The summed E-state index contributed by atoms with van der Waals surface area (Å²) in [6.07, 6.45) is 3.83. The van der Waals surface area contributed by atoms with Gasteiger partial charge in [-0.05, 0) is 74.6 Å². The molecule has 186 valence electrons. The van der Waals surface area contributed by atoms with E-state index in [9.17, 15) is 13.2 Å². The summed E-state index contributed by atoms with van der Waals surface area (Å²) in [6, 6.07) is 13.0. The minimum atomic E-state index is -3.63. The first-order valence-electron chi connectivity index (χ1n) is 11.9. The Morgan fingerprint density at radius 3 is 2.80 bits per heavy atom.